The molecule has 0 aliphatic heterocycles. The minimum absolute atomic E-state index is 0.630. The highest BCUT2D eigenvalue weighted by molar-refractivity contribution is 5.72. The molecule has 0 saturated heterocycles. The van der Waals surface area contributed by atoms with Crippen molar-refractivity contribution in [2.24, 2.45) is 4.99 Å². The number of aromatic nitrogens is 2. The predicted octanol–water partition coefficient (Wildman–Crippen LogP) is 1.56. The number of imidazole rings is 1. The number of ether oxygens (including phenoxy) is 1. The summed E-state index contributed by atoms with van der Waals surface area (Å²) in [7, 11) is 1.62. The van der Waals surface area contributed by atoms with Gasteiger partial charge in [-0.3, -0.25) is 0 Å². The fraction of sp³-hybridized carbons (Fsp3) is 0.333. The molecule has 0 aromatic carbocycles. The Hall–Kier alpha value is -2.04. The molecule has 5 heteroatoms. The third-order valence-electron chi connectivity index (χ3n) is 2.12. The van der Waals surface area contributed by atoms with Crippen molar-refractivity contribution < 1.29 is 4.74 Å². The molecule has 0 saturated carbocycles. The highest BCUT2D eigenvalue weighted by Crippen LogP contribution is 1.91. The van der Waals surface area contributed by atoms with Crippen LogP contribution in [-0.4, -0.2) is 29.4 Å². The Labute approximate surface area is 102 Å². The molecule has 1 N–H and O–H groups in total. The largest absolute Gasteiger partial charge is 0.501 e. The summed E-state index contributed by atoms with van der Waals surface area (Å²) < 4.78 is 6.96. The lowest BCUT2D eigenvalue weighted by atomic mass is 10.5. The Bertz CT molecular complexity index is 393. The van der Waals surface area contributed by atoms with E-state index < -0.39 is 0 Å². The van der Waals surface area contributed by atoms with Gasteiger partial charge in [-0.05, 0) is 13.0 Å². The topological polar surface area (TPSA) is 51.4 Å². The van der Waals surface area contributed by atoms with E-state index in [4.69, 9.17) is 4.74 Å². The van der Waals surface area contributed by atoms with Crippen molar-refractivity contribution in [3.63, 3.8) is 0 Å². The quantitative estimate of drug-likeness (QED) is 0.575. The van der Waals surface area contributed by atoms with E-state index in [-0.39, 0.29) is 0 Å². The van der Waals surface area contributed by atoms with Crippen LogP contribution >= 0.6 is 0 Å². The van der Waals surface area contributed by atoms with Gasteiger partial charge in [0.1, 0.15) is 5.82 Å². The first-order valence-corrected chi connectivity index (χ1v) is 5.36. The first-order chi connectivity index (χ1) is 8.22. The number of aliphatic imine (C=N–C) groups is 1. The third-order valence-corrected chi connectivity index (χ3v) is 2.12. The van der Waals surface area contributed by atoms with Gasteiger partial charge in [0.15, 0.2) is 0 Å². The second-order valence-electron chi connectivity index (χ2n) is 3.43. The van der Waals surface area contributed by atoms with Crippen LogP contribution in [0.1, 0.15) is 6.92 Å². The standard InChI is InChI=1S/C12H18N4O/c1-11(17-3)4-5-14-12(2)15-7-9-16-8-6-13-10-16/h4-6,8,10,15H,2,7,9H2,1,3H3/b11-4+,14-5-. The summed E-state index contributed by atoms with van der Waals surface area (Å²) in [6.45, 7) is 7.25. The molecule has 17 heavy (non-hydrogen) atoms. The van der Waals surface area contributed by atoms with Gasteiger partial charge >= 0.3 is 0 Å². The molecule has 5 nitrogen and oxygen atoms in total. The van der Waals surface area contributed by atoms with Gasteiger partial charge in [0.05, 0.1) is 19.2 Å². The van der Waals surface area contributed by atoms with Crippen LogP contribution in [0.25, 0.3) is 0 Å². The van der Waals surface area contributed by atoms with Crippen molar-refractivity contribution in [1.82, 2.24) is 14.9 Å². The molecule has 0 aliphatic carbocycles. The lowest BCUT2D eigenvalue weighted by Crippen LogP contribution is -2.17. The molecular weight excluding hydrogens is 216 g/mol. The van der Waals surface area contributed by atoms with Crippen LogP contribution in [-0.2, 0) is 11.3 Å². The maximum absolute atomic E-state index is 4.97. The Kier molecular flexibility index (Phi) is 5.57. The van der Waals surface area contributed by atoms with Gasteiger partial charge in [-0.25, -0.2) is 9.98 Å². The first kappa shape index (κ1) is 13.0. The van der Waals surface area contributed by atoms with E-state index >= 15 is 0 Å². The molecule has 0 radical (unpaired) electrons. The summed E-state index contributed by atoms with van der Waals surface area (Å²) in [4.78, 5) is 8.08. The fourth-order valence-corrected chi connectivity index (χ4v) is 1.09. The number of nitrogens with zero attached hydrogens (tertiary/aromatic N) is 3. The van der Waals surface area contributed by atoms with Crippen molar-refractivity contribution in [3.8, 4) is 0 Å². The molecule has 1 aromatic heterocycles. The van der Waals surface area contributed by atoms with E-state index in [0.717, 1.165) is 18.8 Å². The molecule has 0 atom stereocenters. The van der Waals surface area contributed by atoms with Crippen LogP contribution in [0.2, 0.25) is 0 Å². The predicted molar refractivity (Wildman–Crippen MR) is 68.6 cm³/mol. The van der Waals surface area contributed by atoms with Crippen LogP contribution < -0.4 is 5.32 Å². The second-order valence-corrected chi connectivity index (χ2v) is 3.43. The van der Waals surface area contributed by atoms with E-state index in [1.807, 2.05) is 17.7 Å². The number of hydrogen-bond donors (Lipinski definition) is 1. The molecule has 0 amide bonds. The van der Waals surface area contributed by atoms with Crippen LogP contribution in [0.4, 0.5) is 0 Å². The molecule has 1 heterocycles. The highest BCUT2D eigenvalue weighted by Gasteiger charge is 1.90. The Morgan fingerprint density at radius 1 is 1.65 bits per heavy atom. The lowest BCUT2D eigenvalue weighted by molar-refractivity contribution is 0.294. The molecule has 0 aliphatic rings. The molecule has 1 aromatic rings. The summed E-state index contributed by atoms with van der Waals surface area (Å²) >= 11 is 0. The zero-order valence-corrected chi connectivity index (χ0v) is 10.3. The van der Waals surface area contributed by atoms with E-state index in [2.05, 4.69) is 21.9 Å². The van der Waals surface area contributed by atoms with Crippen molar-refractivity contribution in [2.45, 2.75) is 13.5 Å². The van der Waals surface area contributed by atoms with Gasteiger partial charge in [-0.2, -0.15) is 0 Å². The van der Waals surface area contributed by atoms with Crippen molar-refractivity contribution in [3.05, 3.63) is 43.0 Å². The highest BCUT2D eigenvalue weighted by atomic mass is 16.5. The van der Waals surface area contributed by atoms with E-state index in [9.17, 15) is 0 Å². The average molecular weight is 234 g/mol. The van der Waals surface area contributed by atoms with Gasteiger partial charge < -0.3 is 14.6 Å². The van der Waals surface area contributed by atoms with Gasteiger partial charge in [-0.15, -0.1) is 0 Å². The molecule has 0 spiro atoms. The molecule has 1 rings (SSSR count). The Morgan fingerprint density at radius 2 is 2.47 bits per heavy atom. The molecule has 0 fully saturated rings. The molecule has 0 bridgehead atoms. The number of rotatable bonds is 7. The fourth-order valence-electron chi connectivity index (χ4n) is 1.09. The van der Waals surface area contributed by atoms with E-state index in [1.54, 1.807) is 31.9 Å². The zero-order valence-electron chi connectivity index (χ0n) is 10.3. The average Bonchev–Trinajstić information content (AvgIpc) is 2.82. The Morgan fingerprint density at radius 3 is 3.12 bits per heavy atom. The summed E-state index contributed by atoms with van der Waals surface area (Å²) in [5.74, 6) is 1.44. The number of nitrogens with one attached hydrogen (secondary N) is 1. The van der Waals surface area contributed by atoms with Gasteiger partial charge in [-0.1, -0.05) is 6.58 Å². The lowest BCUT2D eigenvalue weighted by Gasteiger charge is -2.05. The zero-order chi connectivity index (χ0) is 12.5. The number of allylic oxidation sites excluding steroid dienone is 2. The smallest absolute Gasteiger partial charge is 0.118 e. The van der Waals surface area contributed by atoms with Gasteiger partial charge in [0, 0.05) is 31.7 Å². The van der Waals surface area contributed by atoms with Gasteiger partial charge in [0.2, 0.25) is 0 Å². The van der Waals surface area contributed by atoms with Crippen molar-refractivity contribution in [1.29, 1.82) is 0 Å². The van der Waals surface area contributed by atoms with Crippen molar-refractivity contribution >= 4 is 6.21 Å². The SMILES string of the molecule is C=C(/N=C\C=C(/C)OC)NCCn1ccnc1. The normalized spacial score (nSPS) is 11.8. The van der Waals surface area contributed by atoms with Crippen LogP contribution in [0.5, 0.6) is 0 Å². The Balaban J connectivity index is 2.21. The number of hydrogen-bond acceptors (Lipinski definition) is 4. The summed E-state index contributed by atoms with van der Waals surface area (Å²) in [6, 6.07) is 0. The van der Waals surface area contributed by atoms with Crippen LogP contribution in [0, 0.1) is 0 Å². The maximum atomic E-state index is 4.97. The first-order valence-electron chi connectivity index (χ1n) is 5.36. The molecular formula is C12H18N4O. The van der Waals surface area contributed by atoms with E-state index in [1.165, 1.54) is 0 Å². The summed E-state index contributed by atoms with van der Waals surface area (Å²) in [6.07, 6.45) is 8.89. The maximum Gasteiger partial charge on any atom is 0.118 e. The van der Waals surface area contributed by atoms with Crippen LogP contribution in [0.15, 0.2) is 47.9 Å². The summed E-state index contributed by atoms with van der Waals surface area (Å²) in [5.41, 5.74) is 0. The second kappa shape index (κ2) is 7.27. The van der Waals surface area contributed by atoms with Gasteiger partial charge in [0.25, 0.3) is 0 Å². The molecule has 92 valence electrons. The van der Waals surface area contributed by atoms with E-state index in [0.29, 0.717) is 5.82 Å². The minimum atomic E-state index is 0.630. The monoisotopic (exact) mass is 234 g/mol. The third kappa shape index (κ3) is 5.55. The minimum Gasteiger partial charge on any atom is -0.501 e. The number of methoxy groups -OCH3 is 1. The van der Waals surface area contributed by atoms with Crippen LogP contribution in [0.3, 0.4) is 0 Å². The van der Waals surface area contributed by atoms with Crippen molar-refractivity contribution in [2.75, 3.05) is 13.7 Å². The molecule has 0 unspecified atom stereocenters. The summed E-state index contributed by atoms with van der Waals surface area (Å²) in [5, 5.41) is 3.10.